The van der Waals surface area contributed by atoms with E-state index in [4.69, 9.17) is 15.2 Å². The minimum atomic E-state index is 0.0908. The van der Waals surface area contributed by atoms with Crippen molar-refractivity contribution >= 4 is 22.4 Å². The fourth-order valence-corrected chi connectivity index (χ4v) is 2.39. The Labute approximate surface area is 113 Å². The third-order valence-corrected chi connectivity index (χ3v) is 3.29. The number of likely N-dealkylation sites (N-methyl/N-ethyl adjacent to an activating group) is 1. The Kier molecular flexibility index (Phi) is 6.21. The summed E-state index contributed by atoms with van der Waals surface area (Å²) in [6.07, 6.45) is 0.0908. The molecule has 1 aromatic rings. The molecule has 0 fully saturated rings. The van der Waals surface area contributed by atoms with Gasteiger partial charge in [-0.05, 0) is 39.2 Å². The van der Waals surface area contributed by atoms with Crippen molar-refractivity contribution in [2.24, 2.45) is 0 Å². The minimum absolute atomic E-state index is 0.0908. The van der Waals surface area contributed by atoms with E-state index in [1.54, 1.807) is 0 Å². The Hall–Kier alpha value is -1.01. The highest BCUT2D eigenvalue weighted by Crippen LogP contribution is 2.38. The molecule has 0 saturated carbocycles. The molecule has 1 aromatic heterocycles. The summed E-state index contributed by atoms with van der Waals surface area (Å²) in [5.41, 5.74) is 5.85. The number of nitrogens with zero attached hydrogens (tertiary/aromatic N) is 2. The van der Waals surface area contributed by atoms with Crippen LogP contribution in [0.15, 0.2) is 0 Å². The molecule has 0 aliphatic rings. The molecule has 0 radical (unpaired) electrons. The monoisotopic (exact) mass is 273 g/mol. The second kappa shape index (κ2) is 7.43. The lowest BCUT2D eigenvalue weighted by Crippen LogP contribution is -2.27. The van der Waals surface area contributed by atoms with Gasteiger partial charge in [0.25, 0.3) is 0 Å². The zero-order chi connectivity index (χ0) is 13.5. The standard InChI is InChI=1S/C12H23N3O2S/c1-5-15(7-8-16-6-2)12-10(17-9(3)4)11(13)14-18-12/h9H,5-8H2,1-4H3,(H2,13,14). The van der Waals surface area contributed by atoms with Crippen molar-refractivity contribution in [3.63, 3.8) is 0 Å². The molecular formula is C12H23N3O2S. The van der Waals surface area contributed by atoms with Gasteiger partial charge in [0.05, 0.1) is 12.7 Å². The van der Waals surface area contributed by atoms with Crippen molar-refractivity contribution in [1.29, 1.82) is 0 Å². The van der Waals surface area contributed by atoms with Crippen LogP contribution >= 0.6 is 11.5 Å². The number of nitrogen functional groups attached to an aromatic ring is 1. The largest absolute Gasteiger partial charge is 0.484 e. The molecule has 104 valence electrons. The molecular weight excluding hydrogens is 250 g/mol. The maximum atomic E-state index is 5.85. The molecule has 1 heterocycles. The molecule has 2 N–H and O–H groups in total. The molecule has 0 aromatic carbocycles. The van der Waals surface area contributed by atoms with Gasteiger partial charge in [-0.2, -0.15) is 4.37 Å². The van der Waals surface area contributed by atoms with E-state index in [2.05, 4.69) is 16.2 Å². The summed E-state index contributed by atoms with van der Waals surface area (Å²) in [5.74, 6) is 1.17. The van der Waals surface area contributed by atoms with Gasteiger partial charge in [0.2, 0.25) is 0 Å². The van der Waals surface area contributed by atoms with Gasteiger partial charge in [0, 0.05) is 19.7 Å². The van der Waals surface area contributed by atoms with Gasteiger partial charge in [-0.3, -0.25) is 0 Å². The van der Waals surface area contributed by atoms with Crippen molar-refractivity contribution in [3.05, 3.63) is 0 Å². The third kappa shape index (κ3) is 4.03. The van der Waals surface area contributed by atoms with Crippen LogP contribution in [0.3, 0.4) is 0 Å². The van der Waals surface area contributed by atoms with E-state index in [1.807, 2.05) is 20.8 Å². The molecule has 0 atom stereocenters. The van der Waals surface area contributed by atoms with Crippen LogP contribution in [0.1, 0.15) is 27.7 Å². The normalized spacial score (nSPS) is 10.9. The topological polar surface area (TPSA) is 60.6 Å². The summed E-state index contributed by atoms with van der Waals surface area (Å²) in [4.78, 5) is 2.18. The minimum Gasteiger partial charge on any atom is -0.484 e. The first-order valence-electron chi connectivity index (χ1n) is 6.34. The van der Waals surface area contributed by atoms with Gasteiger partial charge in [0.15, 0.2) is 16.6 Å². The molecule has 0 saturated heterocycles. The van der Waals surface area contributed by atoms with Crippen LogP contribution in [0, 0.1) is 0 Å². The molecule has 0 unspecified atom stereocenters. The Morgan fingerprint density at radius 2 is 2.11 bits per heavy atom. The molecule has 0 bridgehead atoms. The summed E-state index contributed by atoms with van der Waals surface area (Å²) in [6, 6.07) is 0. The first kappa shape index (κ1) is 15.0. The quantitative estimate of drug-likeness (QED) is 0.737. The van der Waals surface area contributed by atoms with Crippen molar-refractivity contribution < 1.29 is 9.47 Å². The Bertz CT molecular complexity index is 355. The molecule has 18 heavy (non-hydrogen) atoms. The predicted octanol–water partition coefficient (Wildman–Crippen LogP) is 2.38. The Balaban J connectivity index is 2.78. The summed E-state index contributed by atoms with van der Waals surface area (Å²) in [7, 11) is 0. The lowest BCUT2D eigenvalue weighted by Gasteiger charge is -2.22. The summed E-state index contributed by atoms with van der Waals surface area (Å²) >= 11 is 1.38. The fourth-order valence-electron chi connectivity index (χ4n) is 1.56. The smallest absolute Gasteiger partial charge is 0.198 e. The lowest BCUT2D eigenvalue weighted by atomic mass is 10.4. The number of hydrogen-bond acceptors (Lipinski definition) is 6. The average Bonchev–Trinajstić information content (AvgIpc) is 2.67. The average molecular weight is 273 g/mol. The van der Waals surface area contributed by atoms with Gasteiger partial charge in [0.1, 0.15) is 0 Å². The molecule has 6 heteroatoms. The first-order chi connectivity index (χ1) is 8.60. The first-order valence-corrected chi connectivity index (χ1v) is 7.11. The van der Waals surface area contributed by atoms with Crippen molar-refractivity contribution in [2.75, 3.05) is 36.9 Å². The maximum absolute atomic E-state index is 5.85. The summed E-state index contributed by atoms with van der Waals surface area (Å²) < 4.78 is 15.3. The van der Waals surface area contributed by atoms with E-state index in [1.165, 1.54) is 11.5 Å². The van der Waals surface area contributed by atoms with Gasteiger partial charge >= 0.3 is 0 Å². The van der Waals surface area contributed by atoms with Crippen molar-refractivity contribution in [3.8, 4) is 5.75 Å². The predicted molar refractivity (Wildman–Crippen MR) is 76.7 cm³/mol. The van der Waals surface area contributed by atoms with E-state index in [9.17, 15) is 0 Å². The van der Waals surface area contributed by atoms with Crippen LogP contribution < -0.4 is 15.4 Å². The number of hydrogen-bond donors (Lipinski definition) is 1. The number of ether oxygens (including phenoxy) is 2. The van der Waals surface area contributed by atoms with E-state index in [-0.39, 0.29) is 6.10 Å². The van der Waals surface area contributed by atoms with Crippen LogP contribution in [0.5, 0.6) is 5.75 Å². The zero-order valence-electron chi connectivity index (χ0n) is 11.6. The number of anilines is 2. The van der Waals surface area contributed by atoms with E-state index in [0.29, 0.717) is 18.2 Å². The highest BCUT2D eigenvalue weighted by molar-refractivity contribution is 7.11. The fraction of sp³-hybridized carbons (Fsp3) is 0.750. The molecule has 0 amide bonds. The number of nitrogens with two attached hydrogens (primary N) is 1. The zero-order valence-corrected chi connectivity index (χ0v) is 12.4. The van der Waals surface area contributed by atoms with Crippen LogP contribution in [0.4, 0.5) is 10.8 Å². The second-order valence-corrected chi connectivity index (χ2v) is 4.90. The molecule has 0 aliphatic heterocycles. The summed E-state index contributed by atoms with van der Waals surface area (Å²) in [5, 5.41) is 0.989. The van der Waals surface area contributed by atoms with Gasteiger partial charge in [-0.1, -0.05) is 0 Å². The maximum Gasteiger partial charge on any atom is 0.198 e. The van der Waals surface area contributed by atoms with Crippen LogP contribution in [0.25, 0.3) is 0 Å². The summed E-state index contributed by atoms with van der Waals surface area (Å²) in [6.45, 7) is 11.2. The SMILES string of the molecule is CCOCCN(CC)c1snc(N)c1OC(C)C. The van der Waals surface area contributed by atoms with Crippen molar-refractivity contribution in [1.82, 2.24) is 4.37 Å². The molecule has 0 spiro atoms. The highest BCUT2D eigenvalue weighted by atomic mass is 32.1. The van der Waals surface area contributed by atoms with E-state index < -0.39 is 0 Å². The van der Waals surface area contributed by atoms with Gasteiger partial charge in [-0.15, -0.1) is 0 Å². The Morgan fingerprint density at radius 3 is 2.67 bits per heavy atom. The molecule has 5 nitrogen and oxygen atoms in total. The third-order valence-electron chi connectivity index (χ3n) is 2.39. The lowest BCUT2D eigenvalue weighted by molar-refractivity contribution is 0.154. The second-order valence-electron chi connectivity index (χ2n) is 4.15. The van der Waals surface area contributed by atoms with E-state index >= 15 is 0 Å². The van der Waals surface area contributed by atoms with Crippen LogP contribution in [0.2, 0.25) is 0 Å². The molecule has 1 rings (SSSR count). The van der Waals surface area contributed by atoms with Crippen molar-refractivity contribution in [2.45, 2.75) is 33.8 Å². The van der Waals surface area contributed by atoms with Crippen LogP contribution in [-0.4, -0.2) is 36.8 Å². The molecule has 0 aliphatic carbocycles. The highest BCUT2D eigenvalue weighted by Gasteiger charge is 2.19. The Morgan fingerprint density at radius 1 is 1.39 bits per heavy atom. The number of aromatic nitrogens is 1. The van der Waals surface area contributed by atoms with Crippen LogP contribution in [-0.2, 0) is 4.74 Å². The van der Waals surface area contributed by atoms with E-state index in [0.717, 1.165) is 24.7 Å². The van der Waals surface area contributed by atoms with Gasteiger partial charge in [-0.25, -0.2) is 0 Å². The number of rotatable bonds is 8. The van der Waals surface area contributed by atoms with Gasteiger partial charge < -0.3 is 20.1 Å².